The molecule has 0 aromatic heterocycles. The summed E-state index contributed by atoms with van der Waals surface area (Å²) in [6, 6.07) is 7.88. The van der Waals surface area contributed by atoms with E-state index in [1.807, 2.05) is 12.1 Å². The van der Waals surface area contributed by atoms with Gasteiger partial charge in [0.1, 0.15) is 0 Å². The number of terminal acetylenes is 1. The lowest BCUT2D eigenvalue weighted by atomic mass is 10.00. The van der Waals surface area contributed by atoms with Crippen LogP contribution in [0.1, 0.15) is 36.9 Å². The second kappa shape index (κ2) is 4.11. The second-order valence-corrected chi connectivity index (χ2v) is 3.47. The molecule has 0 heterocycles. The minimum atomic E-state index is -0.277. The lowest BCUT2D eigenvalue weighted by molar-refractivity contribution is 0.861. The van der Waals surface area contributed by atoms with Gasteiger partial charge in [0.25, 0.3) is 0 Å². The van der Waals surface area contributed by atoms with E-state index in [0.29, 0.717) is 5.92 Å². The standard InChI is InChI=1S/C12H15N/c1-4-12(13)11-7-5-10(6-8-11)9(2)3/h1,5-9,12H,13H2,2-3H3/t12-/m0/s1. The highest BCUT2D eigenvalue weighted by Gasteiger charge is 2.02. The predicted octanol–water partition coefficient (Wildman–Crippen LogP) is 2.44. The first kappa shape index (κ1) is 9.83. The van der Waals surface area contributed by atoms with Crippen LogP contribution in [0.15, 0.2) is 24.3 Å². The Balaban J connectivity index is 2.89. The van der Waals surface area contributed by atoms with Gasteiger partial charge in [0, 0.05) is 0 Å². The van der Waals surface area contributed by atoms with Crippen molar-refractivity contribution < 1.29 is 0 Å². The van der Waals surface area contributed by atoms with E-state index in [2.05, 4.69) is 31.9 Å². The molecule has 1 aromatic rings. The molecule has 0 aliphatic carbocycles. The number of hydrogen-bond acceptors (Lipinski definition) is 1. The number of benzene rings is 1. The Morgan fingerprint density at radius 3 is 2.00 bits per heavy atom. The summed E-state index contributed by atoms with van der Waals surface area (Å²) in [5.41, 5.74) is 8.00. The Labute approximate surface area is 80.0 Å². The lowest BCUT2D eigenvalue weighted by Crippen LogP contribution is -2.06. The SMILES string of the molecule is C#C[C@H](N)c1ccc(C(C)C)cc1. The van der Waals surface area contributed by atoms with E-state index in [4.69, 9.17) is 12.2 Å². The van der Waals surface area contributed by atoms with Crippen LogP contribution in [-0.4, -0.2) is 0 Å². The van der Waals surface area contributed by atoms with Gasteiger partial charge in [-0.1, -0.05) is 44.0 Å². The van der Waals surface area contributed by atoms with E-state index >= 15 is 0 Å². The highest BCUT2D eigenvalue weighted by atomic mass is 14.6. The zero-order valence-corrected chi connectivity index (χ0v) is 8.12. The van der Waals surface area contributed by atoms with Crippen molar-refractivity contribution in [3.05, 3.63) is 35.4 Å². The predicted molar refractivity (Wildman–Crippen MR) is 56.3 cm³/mol. The van der Waals surface area contributed by atoms with E-state index < -0.39 is 0 Å². The van der Waals surface area contributed by atoms with Crippen LogP contribution < -0.4 is 5.73 Å². The molecule has 1 rings (SSSR count). The molecule has 1 aromatic carbocycles. The third kappa shape index (κ3) is 2.34. The maximum absolute atomic E-state index is 5.68. The normalized spacial score (nSPS) is 12.5. The molecule has 1 nitrogen and oxygen atoms in total. The average molecular weight is 173 g/mol. The first-order valence-electron chi connectivity index (χ1n) is 4.46. The summed E-state index contributed by atoms with van der Waals surface area (Å²) < 4.78 is 0. The summed E-state index contributed by atoms with van der Waals surface area (Å²) in [5, 5.41) is 0. The van der Waals surface area contributed by atoms with Crippen molar-refractivity contribution >= 4 is 0 Å². The van der Waals surface area contributed by atoms with E-state index in [9.17, 15) is 0 Å². The molecule has 1 atom stereocenters. The van der Waals surface area contributed by atoms with Gasteiger partial charge in [-0.2, -0.15) is 0 Å². The average Bonchev–Trinajstić information content (AvgIpc) is 2.17. The minimum absolute atomic E-state index is 0.277. The van der Waals surface area contributed by atoms with Crippen molar-refractivity contribution in [3.8, 4) is 12.3 Å². The lowest BCUT2D eigenvalue weighted by Gasteiger charge is -2.08. The molecular weight excluding hydrogens is 158 g/mol. The summed E-state index contributed by atoms with van der Waals surface area (Å²) in [5.74, 6) is 3.06. The van der Waals surface area contributed by atoms with E-state index in [1.54, 1.807) is 0 Å². The van der Waals surface area contributed by atoms with Gasteiger partial charge in [-0.25, -0.2) is 0 Å². The van der Waals surface area contributed by atoms with Crippen LogP contribution >= 0.6 is 0 Å². The van der Waals surface area contributed by atoms with Gasteiger partial charge < -0.3 is 5.73 Å². The van der Waals surface area contributed by atoms with Gasteiger partial charge in [-0.3, -0.25) is 0 Å². The maximum Gasteiger partial charge on any atom is 0.0918 e. The van der Waals surface area contributed by atoms with Crippen LogP contribution in [0.25, 0.3) is 0 Å². The van der Waals surface area contributed by atoms with Gasteiger partial charge >= 0.3 is 0 Å². The first-order valence-corrected chi connectivity index (χ1v) is 4.46. The third-order valence-corrected chi connectivity index (χ3v) is 2.14. The fourth-order valence-electron chi connectivity index (χ4n) is 1.18. The molecule has 13 heavy (non-hydrogen) atoms. The van der Waals surface area contributed by atoms with Crippen molar-refractivity contribution in [2.75, 3.05) is 0 Å². The molecule has 0 aliphatic rings. The highest BCUT2D eigenvalue weighted by Crippen LogP contribution is 2.17. The summed E-state index contributed by atoms with van der Waals surface area (Å²) in [7, 11) is 0. The Kier molecular flexibility index (Phi) is 3.11. The van der Waals surface area contributed by atoms with Gasteiger partial charge in [0.05, 0.1) is 6.04 Å². The fraction of sp³-hybridized carbons (Fsp3) is 0.333. The van der Waals surface area contributed by atoms with Gasteiger partial charge in [0.2, 0.25) is 0 Å². The molecule has 0 fully saturated rings. The van der Waals surface area contributed by atoms with Gasteiger partial charge in [-0.05, 0) is 17.0 Å². The Morgan fingerprint density at radius 1 is 1.15 bits per heavy atom. The van der Waals surface area contributed by atoms with E-state index in [-0.39, 0.29) is 6.04 Å². The highest BCUT2D eigenvalue weighted by molar-refractivity contribution is 5.30. The topological polar surface area (TPSA) is 26.0 Å². The van der Waals surface area contributed by atoms with Crippen LogP contribution in [0, 0.1) is 12.3 Å². The molecule has 1 heteroatoms. The van der Waals surface area contributed by atoms with Crippen molar-refractivity contribution in [1.82, 2.24) is 0 Å². The molecule has 0 aliphatic heterocycles. The van der Waals surface area contributed by atoms with Crippen molar-refractivity contribution in [3.63, 3.8) is 0 Å². The van der Waals surface area contributed by atoms with Gasteiger partial charge in [0.15, 0.2) is 0 Å². The van der Waals surface area contributed by atoms with E-state index in [1.165, 1.54) is 5.56 Å². The quantitative estimate of drug-likeness (QED) is 0.683. The number of nitrogens with two attached hydrogens (primary N) is 1. The fourth-order valence-corrected chi connectivity index (χ4v) is 1.18. The molecular formula is C12H15N. The van der Waals surface area contributed by atoms with E-state index in [0.717, 1.165) is 5.56 Å². The molecule has 0 saturated heterocycles. The molecule has 68 valence electrons. The van der Waals surface area contributed by atoms with Gasteiger partial charge in [-0.15, -0.1) is 6.42 Å². The third-order valence-electron chi connectivity index (χ3n) is 2.14. The molecule has 0 unspecified atom stereocenters. The summed E-state index contributed by atoms with van der Waals surface area (Å²) in [6.07, 6.45) is 5.23. The molecule has 0 radical (unpaired) electrons. The molecule has 0 bridgehead atoms. The zero-order valence-electron chi connectivity index (χ0n) is 8.12. The van der Waals surface area contributed by atoms with Crippen LogP contribution in [-0.2, 0) is 0 Å². The Hall–Kier alpha value is -1.26. The summed E-state index contributed by atoms with van der Waals surface area (Å²) in [6.45, 7) is 4.33. The van der Waals surface area contributed by atoms with Crippen LogP contribution in [0.3, 0.4) is 0 Å². The van der Waals surface area contributed by atoms with Crippen LogP contribution in [0.2, 0.25) is 0 Å². The second-order valence-electron chi connectivity index (χ2n) is 3.47. The number of rotatable bonds is 2. The smallest absolute Gasteiger partial charge is 0.0918 e. The molecule has 0 amide bonds. The largest absolute Gasteiger partial charge is 0.314 e. The molecule has 2 N–H and O–H groups in total. The Morgan fingerprint density at radius 2 is 1.62 bits per heavy atom. The number of hydrogen-bond donors (Lipinski definition) is 1. The van der Waals surface area contributed by atoms with Crippen molar-refractivity contribution in [1.29, 1.82) is 0 Å². The maximum atomic E-state index is 5.68. The summed E-state index contributed by atoms with van der Waals surface area (Å²) in [4.78, 5) is 0. The monoisotopic (exact) mass is 173 g/mol. The van der Waals surface area contributed by atoms with Crippen LogP contribution in [0.4, 0.5) is 0 Å². The van der Waals surface area contributed by atoms with Crippen molar-refractivity contribution in [2.45, 2.75) is 25.8 Å². The molecule has 0 spiro atoms. The summed E-state index contributed by atoms with van der Waals surface area (Å²) >= 11 is 0. The first-order chi connectivity index (χ1) is 6.15. The Bertz CT molecular complexity index is 303. The minimum Gasteiger partial charge on any atom is -0.314 e. The van der Waals surface area contributed by atoms with Crippen molar-refractivity contribution in [2.24, 2.45) is 5.73 Å². The molecule has 0 saturated carbocycles. The zero-order chi connectivity index (χ0) is 9.84. The van der Waals surface area contributed by atoms with Crippen LogP contribution in [0.5, 0.6) is 0 Å².